The van der Waals surface area contributed by atoms with Gasteiger partial charge < -0.3 is 4.74 Å². The number of carbonyl (C=O) groups excluding carboxylic acids is 1. The minimum Gasteiger partial charge on any atom is -0.466 e. The number of carbonyl (C=O) groups is 1. The predicted molar refractivity (Wildman–Crippen MR) is 78.6 cm³/mol. The average Bonchev–Trinajstić information content (AvgIpc) is 2.37. The molecule has 0 heterocycles. The lowest BCUT2D eigenvalue weighted by molar-refractivity contribution is -0.143. The van der Waals surface area contributed by atoms with E-state index in [1.54, 1.807) is 0 Å². The summed E-state index contributed by atoms with van der Waals surface area (Å²) in [5.41, 5.74) is 0. The Labute approximate surface area is 111 Å². The fourth-order valence-electron chi connectivity index (χ4n) is 1.86. The lowest BCUT2D eigenvalue weighted by Crippen LogP contribution is -2.43. The molecule has 0 amide bonds. The van der Waals surface area contributed by atoms with Crippen LogP contribution in [0, 0.1) is 0 Å². The lowest BCUT2D eigenvalue weighted by atomic mass is 10.3. The molecule has 0 aliphatic carbocycles. The van der Waals surface area contributed by atoms with Gasteiger partial charge in [-0.2, -0.15) is 0 Å². The summed E-state index contributed by atoms with van der Waals surface area (Å²) in [4.78, 5) is 11.4. The van der Waals surface area contributed by atoms with Crippen LogP contribution in [0.3, 0.4) is 0 Å². The summed E-state index contributed by atoms with van der Waals surface area (Å²) in [6.07, 6.45) is 1.17. The molecule has 0 fully saturated rings. The van der Waals surface area contributed by atoms with Gasteiger partial charge in [0, 0.05) is 6.42 Å². The Kier molecular flexibility index (Phi) is 5.35. The van der Waals surface area contributed by atoms with Crippen molar-refractivity contribution in [2.75, 3.05) is 6.61 Å². The third-order valence-electron chi connectivity index (χ3n) is 3.32. The first-order valence-corrected chi connectivity index (χ1v) is 9.38. The molecule has 0 atom stereocenters. The fraction of sp³-hybridized carbons (Fsp3) is 0.400. The first kappa shape index (κ1) is 14.7. The van der Waals surface area contributed by atoms with Crippen molar-refractivity contribution in [2.45, 2.75) is 32.9 Å². The average molecular weight is 262 g/mol. The van der Waals surface area contributed by atoms with E-state index in [-0.39, 0.29) is 5.97 Å². The number of allylic oxidation sites excluding steroid dienone is 1. The zero-order valence-corrected chi connectivity index (χ0v) is 12.5. The third kappa shape index (κ3) is 3.84. The standard InChI is InChI=1S/C15H22O2Si/c1-5-17-15(16)12-11-13(2)18(3,4)14-9-7-6-8-10-14/h6-10H,2,5,11-12H2,1,3-4H3. The molecule has 0 bridgehead atoms. The SMILES string of the molecule is C=C(CCC(=O)OCC)[Si](C)(C)c1ccccc1. The molecule has 0 aliphatic heterocycles. The van der Waals surface area contributed by atoms with Crippen LogP contribution < -0.4 is 5.19 Å². The summed E-state index contributed by atoms with van der Waals surface area (Å²) in [6.45, 7) is 11.0. The van der Waals surface area contributed by atoms with E-state index in [1.807, 2.05) is 13.0 Å². The first-order chi connectivity index (χ1) is 8.48. The zero-order valence-electron chi connectivity index (χ0n) is 11.5. The number of rotatable bonds is 6. The van der Waals surface area contributed by atoms with E-state index < -0.39 is 8.07 Å². The van der Waals surface area contributed by atoms with Gasteiger partial charge in [-0.3, -0.25) is 4.79 Å². The summed E-state index contributed by atoms with van der Waals surface area (Å²) < 4.78 is 4.95. The van der Waals surface area contributed by atoms with Gasteiger partial charge in [-0.25, -0.2) is 0 Å². The predicted octanol–water partition coefficient (Wildman–Crippen LogP) is 3.04. The molecule has 0 saturated carbocycles. The Morgan fingerprint density at radius 3 is 2.39 bits per heavy atom. The van der Waals surface area contributed by atoms with Crippen LogP contribution in [0.15, 0.2) is 42.1 Å². The van der Waals surface area contributed by atoms with Crippen LogP contribution >= 0.6 is 0 Å². The van der Waals surface area contributed by atoms with Crippen molar-refractivity contribution in [2.24, 2.45) is 0 Å². The Balaban J connectivity index is 2.63. The highest BCUT2D eigenvalue weighted by molar-refractivity contribution is 6.95. The summed E-state index contributed by atoms with van der Waals surface area (Å²) in [7, 11) is -1.67. The second-order valence-corrected chi connectivity index (χ2v) is 9.43. The quantitative estimate of drug-likeness (QED) is 0.582. The normalized spacial score (nSPS) is 11.1. The van der Waals surface area contributed by atoms with Gasteiger partial charge in [0.2, 0.25) is 0 Å². The number of ether oxygens (including phenoxy) is 1. The number of benzene rings is 1. The number of hydrogen-bond acceptors (Lipinski definition) is 2. The fourth-order valence-corrected chi connectivity index (χ4v) is 4.04. The van der Waals surface area contributed by atoms with E-state index in [9.17, 15) is 4.79 Å². The van der Waals surface area contributed by atoms with Crippen LogP contribution in [-0.2, 0) is 9.53 Å². The van der Waals surface area contributed by atoms with Gasteiger partial charge in [-0.05, 0) is 13.3 Å². The molecule has 3 heteroatoms. The van der Waals surface area contributed by atoms with Crippen LogP contribution in [0.1, 0.15) is 19.8 Å². The Morgan fingerprint density at radius 1 is 1.22 bits per heavy atom. The molecular formula is C15H22O2Si. The second-order valence-electron chi connectivity index (χ2n) is 4.90. The maximum Gasteiger partial charge on any atom is 0.306 e. The summed E-state index contributed by atoms with van der Waals surface area (Å²) in [5.74, 6) is -0.128. The Hall–Kier alpha value is -1.35. The molecule has 0 radical (unpaired) electrons. The van der Waals surface area contributed by atoms with E-state index >= 15 is 0 Å². The highest BCUT2D eigenvalue weighted by Gasteiger charge is 2.26. The van der Waals surface area contributed by atoms with Gasteiger partial charge in [0.15, 0.2) is 0 Å². The molecule has 0 saturated heterocycles. The van der Waals surface area contributed by atoms with Crippen molar-refractivity contribution in [1.29, 1.82) is 0 Å². The van der Waals surface area contributed by atoms with Gasteiger partial charge in [-0.15, -0.1) is 6.58 Å². The molecule has 1 aromatic rings. The topological polar surface area (TPSA) is 26.3 Å². The lowest BCUT2D eigenvalue weighted by Gasteiger charge is -2.25. The largest absolute Gasteiger partial charge is 0.466 e. The molecule has 2 nitrogen and oxygen atoms in total. The van der Waals surface area contributed by atoms with E-state index in [0.717, 1.165) is 6.42 Å². The van der Waals surface area contributed by atoms with Crippen molar-refractivity contribution in [1.82, 2.24) is 0 Å². The summed E-state index contributed by atoms with van der Waals surface area (Å²) >= 11 is 0. The van der Waals surface area contributed by atoms with Gasteiger partial charge in [0.05, 0.1) is 6.61 Å². The Morgan fingerprint density at radius 2 is 1.83 bits per heavy atom. The number of hydrogen-bond donors (Lipinski definition) is 0. The van der Waals surface area contributed by atoms with Crippen LogP contribution in [-0.4, -0.2) is 20.7 Å². The van der Waals surface area contributed by atoms with E-state index in [2.05, 4.69) is 43.9 Å². The molecule has 98 valence electrons. The highest BCUT2D eigenvalue weighted by Crippen LogP contribution is 2.18. The van der Waals surface area contributed by atoms with Gasteiger partial charge >= 0.3 is 5.97 Å². The van der Waals surface area contributed by atoms with Gasteiger partial charge in [0.25, 0.3) is 0 Å². The minimum absolute atomic E-state index is 0.128. The summed E-state index contributed by atoms with van der Waals surface area (Å²) in [6, 6.07) is 10.4. The molecule has 0 N–H and O–H groups in total. The molecule has 0 spiro atoms. The molecule has 0 unspecified atom stereocenters. The van der Waals surface area contributed by atoms with Gasteiger partial charge in [0.1, 0.15) is 8.07 Å². The third-order valence-corrected chi connectivity index (χ3v) is 7.11. The Bertz CT molecular complexity index is 410. The van der Waals surface area contributed by atoms with Crippen molar-refractivity contribution in [3.63, 3.8) is 0 Å². The zero-order chi connectivity index (χ0) is 13.6. The van der Waals surface area contributed by atoms with Crippen molar-refractivity contribution < 1.29 is 9.53 Å². The van der Waals surface area contributed by atoms with Gasteiger partial charge in [-0.1, -0.05) is 53.8 Å². The maximum absolute atomic E-state index is 11.4. The minimum atomic E-state index is -1.67. The van der Waals surface area contributed by atoms with E-state index in [1.165, 1.54) is 10.4 Å². The molecule has 0 aliphatic rings. The van der Waals surface area contributed by atoms with E-state index in [4.69, 9.17) is 4.74 Å². The van der Waals surface area contributed by atoms with Crippen LogP contribution in [0.4, 0.5) is 0 Å². The smallest absolute Gasteiger partial charge is 0.306 e. The van der Waals surface area contributed by atoms with E-state index in [0.29, 0.717) is 13.0 Å². The maximum atomic E-state index is 11.4. The van der Waals surface area contributed by atoms with Crippen LogP contribution in [0.5, 0.6) is 0 Å². The molecule has 1 rings (SSSR count). The molecule has 0 aromatic heterocycles. The molecule has 18 heavy (non-hydrogen) atoms. The van der Waals surface area contributed by atoms with Crippen LogP contribution in [0.2, 0.25) is 13.1 Å². The van der Waals surface area contributed by atoms with Crippen molar-refractivity contribution in [3.05, 3.63) is 42.1 Å². The second kappa shape index (κ2) is 6.54. The van der Waals surface area contributed by atoms with Crippen molar-refractivity contribution in [3.8, 4) is 0 Å². The molecular weight excluding hydrogens is 240 g/mol. The highest BCUT2D eigenvalue weighted by atomic mass is 28.3. The van der Waals surface area contributed by atoms with Crippen molar-refractivity contribution >= 4 is 19.2 Å². The monoisotopic (exact) mass is 262 g/mol. The number of esters is 1. The first-order valence-electron chi connectivity index (χ1n) is 6.38. The molecule has 1 aromatic carbocycles. The van der Waals surface area contributed by atoms with Crippen LogP contribution in [0.25, 0.3) is 0 Å². The summed E-state index contributed by atoms with van der Waals surface area (Å²) in [5, 5.41) is 2.56.